The lowest BCUT2D eigenvalue weighted by molar-refractivity contribution is 0.183. The van der Waals surface area contributed by atoms with E-state index < -0.39 is 13.8 Å². The van der Waals surface area contributed by atoms with Gasteiger partial charge >= 0.3 is 13.8 Å². The summed E-state index contributed by atoms with van der Waals surface area (Å²) < 4.78 is 20.5. The summed E-state index contributed by atoms with van der Waals surface area (Å²) in [6, 6.07) is 0. The Labute approximate surface area is 70.5 Å². The van der Waals surface area contributed by atoms with Crippen molar-refractivity contribution in [2.75, 3.05) is 13.2 Å². The highest BCUT2D eigenvalue weighted by molar-refractivity contribution is 7.52. The van der Waals surface area contributed by atoms with Crippen molar-refractivity contribution >= 4 is 13.8 Å². The van der Waals surface area contributed by atoms with Gasteiger partial charge in [0.2, 0.25) is 0 Å². The van der Waals surface area contributed by atoms with Gasteiger partial charge in [-0.1, -0.05) is 0 Å². The van der Waals surface area contributed by atoms with Crippen LogP contribution in [-0.4, -0.2) is 24.4 Å². The zero-order chi connectivity index (χ0) is 9.61. The maximum Gasteiger partial charge on any atom is 0.437 e. The molecule has 0 radical (unpaired) electrons. The van der Waals surface area contributed by atoms with E-state index in [1.165, 1.54) is 0 Å². The molecule has 0 aliphatic carbocycles. The van der Waals surface area contributed by atoms with Crippen molar-refractivity contribution in [3.8, 4) is 0 Å². The van der Waals surface area contributed by atoms with E-state index in [1.54, 1.807) is 18.9 Å². The molecule has 12 heavy (non-hydrogen) atoms. The van der Waals surface area contributed by atoms with Crippen molar-refractivity contribution in [3.05, 3.63) is 0 Å². The van der Waals surface area contributed by atoms with Gasteiger partial charge < -0.3 is 5.11 Å². The number of carboxylic acid groups (broad SMARTS) is 1. The molecule has 0 heterocycles. The minimum Gasteiger partial charge on any atom is -0.465 e. The summed E-state index contributed by atoms with van der Waals surface area (Å²) >= 11 is 0. The highest BCUT2D eigenvalue weighted by Gasteiger charge is 2.25. The summed E-state index contributed by atoms with van der Waals surface area (Å²) in [6.45, 7) is 3.43. The lowest BCUT2D eigenvalue weighted by Crippen LogP contribution is -2.20. The topological polar surface area (TPSA) is 84.9 Å². The van der Waals surface area contributed by atoms with Gasteiger partial charge in [0.05, 0.1) is 13.2 Å². The van der Waals surface area contributed by atoms with E-state index in [2.05, 4.69) is 9.05 Å². The van der Waals surface area contributed by atoms with Crippen LogP contribution >= 0.6 is 7.75 Å². The molecule has 6 nitrogen and oxygen atoms in total. The largest absolute Gasteiger partial charge is 0.465 e. The molecular weight excluding hydrogens is 185 g/mol. The van der Waals surface area contributed by atoms with Crippen molar-refractivity contribution in [2.45, 2.75) is 13.8 Å². The molecule has 0 aromatic rings. The van der Waals surface area contributed by atoms with Gasteiger partial charge in [0.1, 0.15) is 0 Å². The van der Waals surface area contributed by atoms with Crippen molar-refractivity contribution in [1.82, 2.24) is 5.09 Å². The summed E-state index contributed by atoms with van der Waals surface area (Å²) in [5, 5.41) is 9.94. The Balaban J connectivity index is 4.18. The molecule has 0 fully saturated rings. The number of amides is 1. The summed E-state index contributed by atoms with van der Waals surface area (Å²) in [4.78, 5) is 10.1. The zero-order valence-corrected chi connectivity index (χ0v) is 7.84. The molecule has 0 spiro atoms. The van der Waals surface area contributed by atoms with Crippen LogP contribution in [0.15, 0.2) is 0 Å². The van der Waals surface area contributed by atoms with Crippen LogP contribution in [0.5, 0.6) is 0 Å². The maximum absolute atomic E-state index is 11.3. The molecule has 0 rings (SSSR count). The quantitative estimate of drug-likeness (QED) is 0.651. The third-order valence-electron chi connectivity index (χ3n) is 0.831. The van der Waals surface area contributed by atoms with E-state index >= 15 is 0 Å². The molecular formula is C5H12NO5P. The Morgan fingerprint density at radius 1 is 1.42 bits per heavy atom. The fourth-order valence-electron chi connectivity index (χ4n) is 0.559. The summed E-state index contributed by atoms with van der Waals surface area (Å²) in [5.74, 6) is 0. The van der Waals surface area contributed by atoms with Gasteiger partial charge in [0, 0.05) is 0 Å². The predicted molar refractivity (Wildman–Crippen MR) is 42.0 cm³/mol. The van der Waals surface area contributed by atoms with Crippen LogP contribution in [0, 0.1) is 0 Å². The molecule has 0 aliphatic rings. The number of hydrogen-bond acceptors (Lipinski definition) is 4. The van der Waals surface area contributed by atoms with Crippen molar-refractivity contribution in [3.63, 3.8) is 0 Å². The number of rotatable bonds is 5. The Bertz CT molecular complexity index is 184. The smallest absolute Gasteiger partial charge is 0.437 e. The third-order valence-corrected chi connectivity index (χ3v) is 2.49. The minimum atomic E-state index is -3.62. The lowest BCUT2D eigenvalue weighted by Gasteiger charge is -2.14. The van der Waals surface area contributed by atoms with Crippen LogP contribution in [-0.2, 0) is 13.6 Å². The van der Waals surface area contributed by atoms with Crippen molar-refractivity contribution in [2.24, 2.45) is 0 Å². The zero-order valence-electron chi connectivity index (χ0n) is 6.94. The van der Waals surface area contributed by atoms with Gasteiger partial charge in [-0.25, -0.2) is 14.4 Å². The molecule has 2 N–H and O–H groups in total. The maximum atomic E-state index is 11.3. The molecule has 0 aliphatic heterocycles. The SMILES string of the molecule is CCOP(=O)(NC(=O)O)OCC. The van der Waals surface area contributed by atoms with Gasteiger partial charge in [-0.2, -0.15) is 0 Å². The van der Waals surface area contributed by atoms with Gasteiger partial charge in [0.25, 0.3) is 0 Å². The first-order valence-corrected chi connectivity index (χ1v) is 4.98. The van der Waals surface area contributed by atoms with E-state index in [-0.39, 0.29) is 13.2 Å². The first-order chi connectivity index (χ1) is 5.54. The molecule has 0 saturated carbocycles. The fourth-order valence-corrected chi connectivity index (χ4v) is 1.68. The molecule has 1 amide bonds. The summed E-state index contributed by atoms with van der Waals surface area (Å²) in [7, 11) is -3.62. The second kappa shape index (κ2) is 5.13. The normalized spacial score (nSPS) is 11.2. The average molecular weight is 197 g/mol. The van der Waals surface area contributed by atoms with Crippen LogP contribution in [0.25, 0.3) is 0 Å². The first kappa shape index (κ1) is 11.4. The highest BCUT2D eigenvalue weighted by atomic mass is 31.2. The van der Waals surface area contributed by atoms with Crippen LogP contribution in [0.3, 0.4) is 0 Å². The summed E-state index contributed by atoms with van der Waals surface area (Å²) in [6.07, 6.45) is -1.43. The molecule has 0 atom stereocenters. The summed E-state index contributed by atoms with van der Waals surface area (Å²) in [5.41, 5.74) is 0. The number of hydrogen-bond donors (Lipinski definition) is 2. The van der Waals surface area contributed by atoms with E-state index in [0.717, 1.165) is 0 Å². The first-order valence-electron chi connectivity index (χ1n) is 3.44. The second-order valence-electron chi connectivity index (χ2n) is 1.75. The van der Waals surface area contributed by atoms with Gasteiger partial charge in [-0.05, 0) is 13.8 Å². The van der Waals surface area contributed by atoms with Gasteiger partial charge in [0.15, 0.2) is 0 Å². The molecule has 7 heteroatoms. The van der Waals surface area contributed by atoms with Crippen LogP contribution in [0.2, 0.25) is 0 Å². The van der Waals surface area contributed by atoms with E-state index in [9.17, 15) is 9.36 Å². The van der Waals surface area contributed by atoms with Gasteiger partial charge in [-0.3, -0.25) is 9.05 Å². The molecule has 0 aromatic heterocycles. The second-order valence-corrected chi connectivity index (χ2v) is 3.48. The molecule has 0 saturated heterocycles. The third kappa shape index (κ3) is 4.33. The fraction of sp³-hybridized carbons (Fsp3) is 0.800. The Morgan fingerprint density at radius 2 is 1.83 bits per heavy atom. The van der Waals surface area contributed by atoms with Crippen LogP contribution in [0.4, 0.5) is 4.79 Å². The number of carbonyl (C=O) groups is 1. The minimum absolute atomic E-state index is 0.123. The van der Waals surface area contributed by atoms with E-state index in [0.29, 0.717) is 0 Å². The standard InChI is InChI=1S/C5H12NO5P/c1-3-10-12(9,11-4-2)6-5(7)8/h3-4H2,1-2H3,(H,6,9)(H,7,8). The van der Waals surface area contributed by atoms with Crippen molar-refractivity contribution in [1.29, 1.82) is 0 Å². The molecule has 0 unspecified atom stereocenters. The highest BCUT2D eigenvalue weighted by Crippen LogP contribution is 2.42. The Hall–Kier alpha value is -0.580. The number of nitrogens with one attached hydrogen (secondary N) is 1. The monoisotopic (exact) mass is 197 g/mol. The van der Waals surface area contributed by atoms with Gasteiger partial charge in [-0.15, -0.1) is 0 Å². The Morgan fingerprint density at radius 3 is 2.08 bits per heavy atom. The lowest BCUT2D eigenvalue weighted by atomic mass is 10.9. The van der Waals surface area contributed by atoms with Crippen LogP contribution < -0.4 is 5.09 Å². The molecule has 0 aromatic carbocycles. The molecule has 72 valence electrons. The Kier molecular flexibility index (Phi) is 4.89. The predicted octanol–water partition coefficient (Wildman–Crippen LogP) is 1.44. The van der Waals surface area contributed by atoms with Crippen LogP contribution in [0.1, 0.15) is 13.8 Å². The van der Waals surface area contributed by atoms with Crippen molar-refractivity contribution < 1.29 is 23.5 Å². The van der Waals surface area contributed by atoms with E-state index in [1.807, 2.05) is 0 Å². The van der Waals surface area contributed by atoms with E-state index in [4.69, 9.17) is 5.11 Å². The molecule has 0 bridgehead atoms. The average Bonchev–Trinajstić information content (AvgIpc) is 1.85.